The van der Waals surface area contributed by atoms with Crippen molar-refractivity contribution in [2.75, 3.05) is 6.54 Å². The predicted octanol–water partition coefficient (Wildman–Crippen LogP) is 3.52. The van der Waals surface area contributed by atoms with Gasteiger partial charge in [0, 0.05) is 31.1 Å². The van der Waals surface area contributed by atoms with Gasteiger partial charge in [0.2, 0.25) is 0 Å². The quantitative estimate of drug-likeness (QED) is 0.684. The lowest BCUT2D eigenvalue weighted by atomic mass is 9.88. The zero-order valence-corrected chi connectivity index (χ0v) is 14.4. The van der Waals surface area contributed by atoms with Crippen molar-refractivity contribution < 1.29 is 4.79 Å². The molecule has 0 N–H and O–H groups in total. The molecule has 2 heterocycles. The lowest BCUT2D eigenvalue weighted by molar-refractivity contribution is 0.0595. The van der Waals surface area contributed by atoms with Crippen molar-refractivity contribution in [3.8, 4) is 0 Å². The first-order chi connectivity index (χ1) is 12.2. The van der Waals surface area contributed by atoms with E-state index in [0.717, 1.165) is 36.0 Å². The van der Waals surface area contributed by atoms with Crippen molar-refractivity contribution in [2.24, 2.45) is 7.05 Å². The molecule has 0 radical (unpaired) electrons. The standard InChI is InChI=1S/C21H21N3O/c1-23-13-22-18-9-8-15(12-20(18)23)21(25)24-10-4-7-17-16-6-3-2-5-14(16)11-19(17)24/h2-3,5-6,8-9,12-13,17,19H,4,7,10-11H2,1H3/t17-,19+/m1/s1. The average molecular weight is 331 g/mol. The summed E-state index contributed by atoms with van der Waals surface area (Å²) in [6.45, 7) is 0.859. The molecule has 25 heavy (non-hydrogen) atoms. The summed E-state index contributed by atoms with van der Waals surface area (Å²) in [4.78, 5) is 19.7. The maximum absolute atomic E-state index is 13.3. The number of benzene rings is 2. The maximum Gasteiger partial charge on any atom is 0.254 e. The van der Waals surface area contributed by atoms with Gasteiger partial charge in [-0.2, -0.15) is 0 Å². The number of rotatable bonds is 1. The molecule has 2 atom stereocenters. The fraction of sp³-hybridized carbons (Fsp3) is 0.333. The fourth-order valence-electron chi connectivity index (χ4n) is 4.66. The maximum atomic E-state index is 13.3. The Labute approximate surface area is 147 Å². The highest BCUT2D eigenvalue weighted by molar-refractivity contribution is 5.97. The third-order valence-corrected chi connectivity index (χ3v) is 5.90. The third kappa shape index (κ3) is 2.20. The van der Waals surface area contributed by atoms with E-state index in [0.29, 0.717) is 12.0 Å². The van der Waals surface area contributed by atoms with Crippen LogP contribution in [0.5, 0.6) is 0 Å². The Balaban J connectivity index is 1.50. The summed E-state index contributed by atoms with van der Waals surface area (Å²) in [5, 5.41) is 0. The summed E-state index contributed by atoms with van der Waals surface area (Å²) in [5.74, 6) is 0.653. The lowest BCUT2D eigenvalue weighted by Gasteiger charge is -2.38. The molecule has 0 unspecified atom stereocenters. The Morgan fingerprint density at radius 2 is 2.08 bits per heavy atom. The van der Waals surface area contributed by atoms with Crippen LogP contribution in [-0.4, -0.2) is 32.9 Å². The summed E-state index contributed by atoms with van der Waals surface area (Å²) in [7, 11) is 1.97. The summed E-state index contributed by atoms with van der Waals surface area (Å²) in [6, 6.07) is 14.9. The van der Waals surface area contributed by atoms with Crippen molar-refractivity contribution in [1.82, 2.24) is 14.5 Å². The van der Waals surface area contributed by atoms with Crippen molar-refractivity contribution in [3.63, 3.8) is 0 Å². The number of aryl methyl sites for hydroxylation is 1. The number of piperidine rings is 1. The van der Waals surface area contributed by atoms with Crippen LogP contribution in [0.2, 0.25) is 0 Å². The highest BCUT2D eigenvalue weighted by atomic mass is 16.2. The molecular formula is C21H21N3O. The molecule has 5 rings (SSSR count). The molecule has 1 saturated heterocycles. The van der Waals surface area contributed by atoms with Crippen LogP contribution < -0.4 is 0 Å². The molecule has 2 aliphatic rings. The summed E-state index contributed by atoms with van der Waals surface area (Å²) < 4.78 is 1.97. The Hall–Kier alpha value is -2.62. The van der Waals surface area contributed by atoms with Crippen LogP contribution in [-0.2, 0) is 13.5 Å². The van der Waals surface area contributed by atoms with E-state index in [2.05, 4.69) is 34.1 Å². The first-order valence-electron chi connectivity index (χ1n) is 9.02. The van der Waals surface area contributed by atoms with Gasteiger partial charge in [0.05, 0.1) is 17.4 Å². The van der Waals surface area contributed by atoms with Gasteiger partial charge in [0.1, 0.15) is 0 Å². The molecule has 1 aliphatic heterocycles. The molecule has 3 aromatic rings. The van der Waals surface area contributed by atoms with Gasteiger partial charge in [-0.3, -0.25) is 4.79 Å². The number of likely N-dealkylation sites (tertiary alicyclic amines) is 1. The number of hydrogen-bond donors (Lipinski definition) is 0. The highest BCUT2D eigenvalue weighted by Gasteiger charge is 2.40. The van der Waals surface area contributed by atoms with Gasteiger partial charge in [-0.25, -0.2) is 4.98 Å². The Bertz CT molecular complexity index is 974. The fourth-order valence-corrected chi connectivity index (χ4v) is 4.66. The van der Waals surface area contributed by atoms with Crippen LogP contribution in [0.4, 0.5) is 0 Å². The second kappa shape index (κ2) is 5.45. The number of carbonyl (C=O) groups excluding carboxylic acids is 1. The second-order valence-corrected chi connectivity index (χ2v) is 7.28. The summed E-state index contributed by atoms with van der Waals surface area (Å²) in [5.41, 5.74) is 5.58. The normalized spacial score (nSPS) is 22.0. The van der Waals surface area contributed by atoms with Gasteiger partial charge >= 0.3 is 0 Å². The van der Waals surface area contributed by atoms with Gasteiger partial charge < -0.3 is 9.47 Å². The Morgan fingerprint density at radius 3 is 3.00 bits per heavy atom. The molecule has 1 aliphatic carbocycles. The minimum atomic E-state index is 0.158. The molecule has 4 nitrogen and oxygen atoms in total. The van der Waals surface area contributed by atoms with Crippen LogP contribution in [0, 0.1) is 0 Å². The number of nitrogens with zero attached hydrogens (tertiary/aromatic N) is 3. The van der Waals surface area contributed by atoms with Crippen LogP contribution in [0.15, 0.2) is 48.8 Å². The molecule has 126 valence electrons. The molecule has 0 bridgehead atoms. The number of imidazole rings is 1. The van der Waals surface area contributed by atoms with Gasteiger partial charge in [-0.1, -0.05) is 24.3 Å². The van der Waals surface area contributed by atoms with E-state index >= 15 is 0 Å². The zero-order chi connectivity index (χ0) is 17.0. The Morgan fingerprint density at radius 1 is 1.20 bits per heavy atom. The molecule has 1 fully saturated rings. The van der Waals surface area contributed by atoms with Gasteiger partial charge in [0.15, 0.2) is 0 Å². The van der Waals surface area contributed by atoms with Crippen molar-refractivity contribution in [2.45, 2.75) is 31.2 Å². The third-order valence-electron chi connectivity index (χ3n) is 5.90. The van der Waals surface area contributed by atoms with E-state index in [1.54, 1.807) is 6.33 Å². The SMILES string of the molecule is Cn1cnc2ccc(C(=O)N3CCC[C@@H]4c5ccccc5C[C@@H]43)cc21. The van der Waals surface area contributed by atoms with Crippen molar-refractivity contribution in [1.29, 1.82) is 0 Å². The van der Waals surface area contributed by atoms with Crippen molar-refractivity contribution >= 4 is 16.9 Å². The summed E-state index contributed by atoms with van der Waals surface area (Å²) >= 11 is 0. The number of amides is 1. The van der Waals surface area contributed by atoms with Crippen LogP contribution >= 0.6 is 0 Å². The van der Waals surface area contributed by atoms with E-state index < -0.39 is 0 Å². The van der Waals surface area contributed by atoms with E-state index in [-0.39, 0.29) is 5.91 Å². The first-order valence-corrected chi connectivity index (χ1v) is 9.02. The molecule has 1 aromatic heterocycles. The molecular weight excluding hydrogens is 310 g/mol. The number of aromatic nitrogens is 2. The zero-order valence-electron chi connectivity index (χ0n) is 14.4. The smallest absolute Gasteiger partial charge is 0.254 e. The number of carbonyl (C=O) groups is 1. The summed E-state index contributed by atoms with van der Waals surface area (Å²) in [6.07, 6.45) is 5.05. The molecule has 0 saturated carbocycles. The van der Waals surface area contributed by atoms with E-state index in [1.807, 2.05) is 29.8 Å². The molecule has 4 heteroatoms. The van der Waals surface area contributed by atoms with Crippen molar-refractivity contribution in [3.05, 3.63) is 65.5 Å². The van der Waals surface area contributed by atoms with Gasteiger partial charge in [-0.15, -0.1) is 0 Å². The monoisotopic (exact) mass is 331 g/mol. The van der Waals surface area contributed by atoms with Crippen LogP contribution in [0.1, 0.15) is 40.2 Å². The van der Waals surface area contributed by atoms with Gasteiger partial charge in [-0.05, 0) is 48.6 Å². The minimum absolute atomic E-state index is 0.158. The topological polar surface area (TPSA) is 38.1 Å². The van der Waals surface area contributed by atoms with E-state index in [1.165, 1.54) is 17.5 Å². The molecule has 0 spiro atoms. The predicted molar refractivity (Wildman–Crippen MR) is 97.7 cm³/mol. The molecule has 1 amide bonds. The largest absolute Gasteiger partial charge is 0.335 e. The van der Waals surface area contributed by atoms with Gasteiger partial charge in [0.25, 0.3) is 5.91 Å². The second-order valence-electron chi connectivity index (χ2n) is 7.28. The average Bonchev–Trinajstić information content (AvgIpc) is 3.21. The van der Waals surface area contributed by atoms with Crippen LogP contribution in [0.3, 0.4) is 0 Å². The molecule has 2 aromatic carbocycles. The minimum Gasteiger partial charge on any atom is -0.335 e. The Kier molecular flexibility index (Phi) is 3.20. The van der Waals surface area contributed by atoms with Crippen LogP contribution in [0.25, 0.3) is 11.0 Å². The lowest BCUT2D eigenvalue weighted by Crippen LogP contribution is -2.46. The van der Waals surface area contributed by atoms with E-state index in [9.17, 15) is 4.79 Å². The first kappa shape index (κ1) is 14.7. The van der Waals surface area contributed by atoms with E-state index in [4.69, 9.17) is 0 Å². The number of fused-ring (bicyclic) bond motifs is 4. The number of hydrogen-bond acceptors (Lipinski definition) is 2. The highest BCUT2D eigenvalue weighted by Crippen LogP contribution is 2.42.